The van der Waals surface area contributed by atoms with Crippen LogP contribution in [0.25, 0.3) is 0 Å². The van der Waals surface area contributed by atoms with Crippen LogP contribution in [-0.2, 0) is 4.84 Å². The maximum Gasteiger partial charge on any atom is 0.430 e. The number of oxime groups is 1. The van der Waals surface area contributed by atoms with Crippen molar-refractivity contribution in [1.82, 2.24) is 0 Å². The topological polar surface area (TPSA) is 64.7 Å². The SMILES string of the molecule is CC(C)/C=N\OC(N)=O. The van der Waals surface area contributed by atoms with E-state index < -0.39 is 6.09 Å². The standard InChI is InChI=1S/C5H10N2O2/c1-4(2)3-7-9-5(6)8/h3-4H,1-2H3,(H2,6,8)/b7-3-. The molecule has 0 heterocycles. The molecular formula is C5H10N2O2. The molecule has 0 aliphatic heterocycles. The third kappa shape index (κ3) is 6.94. The number of hydrogen-bond donors (Lipinski definition) is 1. The molecule has 0 aliphatic rings. The Balaban J connectivity index is 3.36. The van der Waals surface area contributed by atoms with E-state index in [-0.39, 0.29) is 5.92 Å². The van der Waals surface area contributed by atoms with Crippen LogP contribution in [0.15, 0.2) is 5.16 Å². The number of rotatable bonds is 2. The Morgan fingerprint density at radius 2 is 2.33 bits per heavy atom. The van der Waals surface area contributed by atoms with Crippen LogP contribution in [0.4, 0.5) is 4.79 Å². The van der Waals surface area contributed by atoms with Crippen LogP contribution in [0.1, 0.15) is 13.8 Å². The predicted molar refractivity (Wildman–Crippen MR) is 34.0 cm³/mol. The average Bonchev–Trinajstić information content (AvgIpc) is 1.63. The maximum atomic E-state index is 9.87. The van der Waals surface area contributed by atoms with Crippen molar-refractivity contribution in [1.29, 1.82) is 0 Å². The fourth-order valence-corrected chi connectivity index (χ4v) is 0.204. The molecule has 0 saturated carbocycles. The number of nitrogens with two attached hydrogens (primary N) is 1. The highest BCUT2D eigenvalue weighted by molar-refractivity contribution is 5.66. The zero-order valence-corrected chi connectivity index (χ0v) is 5.50. The van der Waals surface area contributed by atoms with Crippen molar-refractivity contribution in [3.05, 3.63) is 0 Å². The Bertz CT molecular complexity index is 120. The lowest BCUT2D eigenvalue weighted by atomic mass is 10.3. The van der Waals surface area contributed by atoms with E-state index in [1.165, 1.54) is 6.21 Å². The van der Waals surface area contributed by atoms with Crippen LogP contribution in [-0.4, -0.2) is 12.3 Å². The third-order valence-electron chi connectivity index (χ3n) is 0.502. The minimum absolute atomic E-state index is 0.268. The Kier molecular flexibility index (Phi) is 3.43. The monoisotopic (exact) mass is 130 g/mol. The van der Waals surface area contributed by atoms with Gasteiger partial charge in [-0.3, -0.25) is 4.84 Å². The van der Waals surface area contributed by atoms with E-state index in [2.05, 4.69) is 15.7 Å². The molecule has 0 fully saturated rings. The van der Waals surface area contributed by atoms with E-state index in [1.54, 1.807) is 0 Å². The summed E-state index contributed by atoms with van der Waals surface area (Å²) in [5.74, 6) is 0.268. The van der Waals surface area contributed by atoms with E-state index in [0.29, 0.717) is 0 Å². The Morgan fingerprint density at radius 3 is 2.67 bits per heavy atom. The molecule has 0 aromatic heterocycles. The van der Waals surface area contributed by atoms with Gasteiger partial charge in [0.05, 0.1) is 0 Å². The van der Waals surface area contributed by atoms with Crippen molar-refractivity contribution in [2.45, 2.75) is 13.8 Å². The highest BCUT2D eigenvalue weighted by atomic mass is 16.7. The van der Waals surface area contributed by atoms with Crippen LogP contribution < -0.4 is 5.73 Å². The number of primary amides is 1. The largest absolute Gasteiger partial charge is 0.430 e. The molecule has 0 unspecified atom stereocenters. The minimum atomic E-state index is -0.882. The molecule has 52 valence electrons. The molecule has 0 aromatic carbocycles. The number of amides is 1. The van der Waals surface area contributed by atoms with Gasteiger partial charge >= 0.3 is 6.09 Å². The molecule has 2 N–H and O–H groups in total. The first-order valence-corrected chi connectivity index (χ1v) is 2.63. The molecule has 0 radical (unpaired) electrons. The zero-order chi connectivity index (χ0) is 7.28. The van der Waals surface area contributed by atoms with E-state index in [1.807, 2.05) is 13.8 Å². The molecule has 0 aromatic rings. The second-order valence-corrected chi connectivity index (χ2v) is 1.91. The summed E-state index contributed by atoms with van der Waals surface area (Å²) in [6.07, 6.45) is 0.608. The molecule has 0 atom stereocenters. The maximum absolute atomic E-state index is 9.87. The van der Waals surface area contributed by atoms with Gasteiger partial charge in [-0.2, -0.15) is 0 Å². The fraction of sp³-hybridized carbons (Fsp3) is 0.600. The molecule has 9 heavy (non-hydrogen) atoms. The van der Waals surface area contributed by atoms with Crippen molar-refractivity contribution >= 4 is 12.3 Å². The molecule has 4 heteroatoms. The second-order valence-electron chi connectivity index (χ2n) is 1.91. The van der Waals surface area contributed by atoms with E-state index in [9.17, 15) is 4.79 Å². The number of nitrogens with zero attached hydrogens (tertiary/aromatic N) is 1. The Morgan fingerprint density at radius 1 is 1.78 bits per heavy atom. The van der Waals surface area contributed by atoms with Crippen LogP contribution in [0.2, 0.25) is 0 Å². The first kappa shape index (κ1) is 7.94. The molecule has 1 amide bonds. The lowest BCUT2D eigenvalue weighted by molar-refractivity contribution is 0.162. The quantitative estimate of drug-likeness (QED) is 0.340. The predicted octanol–water partition coefficient (Wildman–Crippen LogP) is 0.724. The smallest absolute Gasteiger partial charge is 0.333 e. The Labute approximate surface area is 53.7 Å². The summed E-state index contributed by atoms with van der Waals surface area (Å²) >= 11 is 0. The molecule has 4 nitrogen and oxygen atoms in total. The molecule has 0 saturated heterocycles. The number of carbonyl (C=O) groups is 1. The van der Waals surface area contributed by atoms with E-state index >= 15 is 0 Å². The normalized spacial score (nSPS) is 10.6. The average molecular weight is 130 g/mol. The van der Waals surface area contributed by atoms with Gasteiger partial charge in [-0.05, 0) is 5.92 Å². The summed E-state index contributed by atoms with van der Waals surface area (Å²) in [6, 6.07) is 0. The summed E-state index contributed by atoms with van der Waals surface area (Å²) in [6.45, 7) is 3.82. The first-order chi connectivity index (χ1) is 4.13. The van der Waals surface area contributed by atoms with Crippen molar-refractivity contribution in [3.63, 3.8) is 0 Å². The van der Waals surface area contributed by atoms with E-state index in [0.717, 1.165) is 0 Å². The van der Waals surface area contributed by atoms with Gasteiger partial charge in [-0.15, -0.1) is 0 Å². The molecule has 0 bridgehead atoms. The van der Waals surface area contributed by atoms with Gasteiger partial charge in [-0.1, -0.05) is 19.0 Å². The summed E-state index contributed by atoms with van der Waals surface area (Å²) in [4.78, 5) is 13.9. The van der Waals surface area contributed by atoms with Gasteiger partial charge in [0.15, 0.2) is 0 Å². The van der Waals surface area contributed by atoms with Gasteiger partial charge in [0.25, 0.3) is 0 Å². The highest BCUT2D eigenvalue weighted by Gasteiger charge is 1.88. The molecule has 0 spiro atoms. The van der Waals surface area contributed by atoms with Crippen LogP contribution in [0.5, 0.6) is 0 Å². The summed E-state index contributed by atoms with van der Waals surface area (Å²) in [5.41, 5.74) is 4.60. The van der Waals surface area contributed by atoms with Gasteiger partial charge < -0.3 is 5.73 Å². The van der Waals surface area contributed by atoms with Gasteiger partial charge in [0.1, 0.15) is 0 Å². The lowest BCUT2D eigenvalue weighted by Crippen LogP contribution is -2.09. The molecule has 0 rings (SSSR count). The minimum Gasteiger partial charge on any atom is -0.333 e. The van der Waals surface area contributed by atoms with Crippen molar-refractivity contribution in [2.75, 3.05) is 0 Å². The van der Waals surface area contributed by atoms with Crippen molar-refractivity contribution in [2.24, 2.45) is 16.8 Å². The highest BCUT2D eigenvalue weighted by Crippen LogP contribution is 1.85. The van der Waals surface area contributed by atoms with Crippen LogP contribution >= 0.6 is 0 Å². The van der Waals surface area contributed by atoms with Gasteiger partial charge in [0.2, 0.25) is 0 Å². The third-order valence-corrected chi connectivity index (χ3v) is 0.502. The van der Waals surface area contributed by atoms with Gasteiger partial charge in [0, 0.05) is 6.21 Å². The summed E-state index contributed by atoms with van der Waals surface area (Å²) in [5, 5.41) is 3.27. The lowest BCUT2D eigenvalue weighted by Gasteiger charge is -1.90. The summed E-state index contributed by atoms with van der Waals surface area (Å²) in [7, 11) is 0. The summed E-state index contributed by atoms with van der Waals surface area (Å²) < 4.78 is 0. The van der Waals surface area contributed by atoms with Crippen LogP contribution in [0, 0.1) is 5.92 Å². The number of hydrogen-bond acceptors (Lipinski definition) is 3. The molecule has 0 aliphatic carbocycles. The first-order valence-electron chi connectivity index (χ1n) is 2.63. The number of carbonyl (C=O) groups excluding carboxylic acids is 1. The fourth-order valence-electron chi connectivity index (χ4n) is 0.204. The van der Waals surface area contributed by atoms with E-state index in [4.69, 9.17) is 0 Å². The van der Waals surface area contributed by atoms with Gasteiger partial charge in [-0.25, -0.2) is 4.79 Å². The van der Waals surface area contributed by atoms with Crippen LogP contribution in [0.3, 0.4) is 0 Å². The zero-order valence-electron chi connectivity index (χ0n) is 5.50. The second kappa shape index (κ2) is 3.88. The van der Waals surface area contributed by atoms with Crippen molar-refractivity contribution in [3.8, 4) is 0 Å². The Hall–Kier alpha value is -1.06. The molecular weight excluding hydrogens is 120 g/mol. The van der Waals surface area contributed by atoms with Crippen molar-refractivity contribution < 1.29 is 9.63 Å².